The third-order valence-electron chi connectivity index (χ3n) is 3.43. The summed E-state index contributed by atoms with van der Waals surface area (Å²) >= 11 is 0. The summed E-state index contributed by atoms with van der Waals surface area (Å²) in [6, 6.07) is 1.95. The van der Waals surface area contributed by atoms with E-state index in [1.165, 1.54) is 0 Å². The molecule has 0 fully saturated rings. The van der Waals surface area contributed by atoms with Crippen molar-refractivity contribution in [3.8, 4) is 22.5 Å². The Morgan fingerprint density at radius 2 is 2.04 bits per heavy atom. The molecule has 1 N–H and O–H groups in total. The molecule has 23 heavy (non-hydrogen) atoms. The Morgan fingerprint density at radius 1 is 1.13 bits per heavy atom. The Balaban J connectivity index is 1.83. The second kappa shape index (κ2) is 5.59. The summed E-state index contributed by atoms with van der Waals surface area (Å²) in [5.41, 5.74) is 5.15. The van der Waals surface area contributed by atoms with E-state index in [9.17, 15) is 0 Å². The van der Waals surface area contributed by atoms with E-state index in [1.54, 1.807) is 12.4 Å². The number of rotatable bonds is 4. The summed E-state index contributed by atoms with van der Waals surface area (Å²) in [4.78, 5) is 4.81. The van der Waals surface area contributed by atoms with Crippen LogP contribution in [-0.4, -0.2) is 40.0 Å². The Labute approximate surface area is 134 Å². The predicted octanol–water partition coefficient (Wildman–Crippen LogP) is 2.83. The zero-order valence-electron chi connectivity index (χ0n) is 12.8. The fourth-order valence-electron chi connectivity index (χ4n) is 2.45. The molecule has 0 aromatic carbocycles. The lowest BCUT2D eigenvalue weighted by Gasteiger charge is -2.05. The second-order valence-corrected chi connectivity index (χ2v) is 7.45. The van der Waals surface area contributed by atoms with E-state index in [1.807, 2.05) is 39.8 Å². The summed E-state index contributed by atoms with van der Waals surface area (Å²) in [5, 5.41) is 15.6. The lowest BCUT2D eigenvalue weighted by atomic mass is 10.2. The second-order valence-electron chi connectivity index (χ2n) is 5.58. The van der Waals surface area contributed by atoms with Crippen molar-refractivity contribution in [1.82, 2.24) is 34.3 Å². The fourth-order valence-corrected chi connectivity index (χ4v) is 3.32. The molecule has 4 heterocycles. The molecule has 0 saturated heterocycles. The van der Waals surface area contributed by atoms with Crippen LogP contribution in [0.25, 0.3) is 28.0 Å². The Bertz CT molecular complexity index is 936. The predicted molar refractivity (Wildman–Crippen MR) is 90.6 cm³/mol. The third kappa shape index (κ3) is 2.64. The quantitative estimate of drug-likeness (QED) is 0.585. The van der Waals surface area contributed by atoms with Crippen LogP contribution in [0, 0.1) is 0 Å². The summed E-state index contributed by atoms with van der Waals surface area (Å²) in [7, 11) is 0.629. The molecule has 0 aliphatic carbocycles. The fraction of sp³-hybridized carbons (Fsp3) is 0.200. The molecule has 0 bridgehead atoms. The maximum atomic E-state index is 4.81. The van der Waals surface area contributed by atoms with Gasteiger partial charge in [0.2, 0.25) is 0 Å². The van der Waals surface area contributed by atoms with Gasteiger partial charge in [-0.25, -0.2) is 9.50 Å². The SMILES string of the molecule is CC(C)Pn1cc(-c2cn3nccc3c(-c3cn[nH]c3)n2)cn1. The molecule has 7 nitrogen and oxygen atoms in total. The smallest absolute Gasteiger partial charge is 0.0999 e. The first-order chi connectivity index (χ1) is 11.2. The molecule has 0 amide bonds. The molecule has 1 atom stereocenters. The molecule has 116 valence electrons. The molecule has 4 aromatic heterocycles. The molecule has 0 aliphatic heterocycles. The number of aromatic nitrogens is 7. The van der Waals surface area contributed by atoms with Crippen LogP contribution in [-0.2, 0) is 0 Å². The zero-order valence-corrected chi connectivity index (χ0v) is 13.8. The number of nitrogens with zero attached hydrogens (tertiary/aromatic N) is 6. The van der Waals surface area contributed by atoms with Gasteiger partial charge in [0.25, 0.3) is 0 Å². The highest BCUT2D eigenvalue weighted by Crippen LogP contribution is 2.28. The maximum absolute atomic E-state index is 4.81. The number of fused-ring (bicyclic) bond motifs is 1. The molecule has 0 aliphatic rings. The summed E-state index contributed by atoms with van der Waals surface area (Å²) in [6.07, 6.45) is 11.2. The topological polar surface area (TPSA) is 76.7 Å². The van der Waals surface area contributed by atoms with Crippen LogP contribution < -0.4 is 0 Å². The van der Waals surface area contributed by atoms with Crippen molar-refractivity contribution in [3.05, 3.63) is 43.2 Å². The Hall–Kier alpha value is -2.53. The summed E-state index contributed by atoms with van der Waals surface area (Å²) in [6.45, 7) is 4.37. The van der Waals surface area contributed by atoms with Gasteiger partial charge in [0.15, 0.2) is 0 Å². The normalized spacial score (nSPS) is 12.1. The lowest BCUT2D eigenvalue weighted by molar-refractivity contribution is 0.950. The van der Waals surface area contributed by atoms with E-state index in [0.29, 0.717) is 14.4 Å². The first-order valence-electron chi connectivity index (χ1n) is 7.36. The highest BCUT2D eigenvalue weighted by Gasteiger charge is 2.13. The average molecular weight is 325 g/mol. The van der Waals surface area contributed by atoms with E-state index < -0.39 is 0 Å². The van der Waals surface area contributed by atoms with Gasteiger partial charge in [-0.2, -0.15) is 15.3 Å². The third-order valence-corrected chi connectivity index (χ3v) is 4.46. The van der Waals surface area contributed by atoms with E-state index in [-0.39, 0.29) is 0 Å². The Morgan fingerprint density at radius 3 is 2.83 bits per heavy atom. The van der Waals surface area contributed by atoms with Gasteiger partial charge in [-0.15, -0.1) is 0 Å². The van der Waals surface area contributed by atoms with E-state index >= 15 is 0 Å². The van der Waals surface area contributed by atoms with Crippen molar-refractivity contribution in [1.29, 1.82) is 0 Å². The van der Waals surface area contributed by atoms with Crippen molar-refractivity contribution < 1.29 is 0 Å². The first kappa shape index (κ1) is 14.1. The number of nitrogens with one attached hydrogen (secondary N) is 1. The molecular formula is C15H16N7P. The molecule has 1 unspecified atom stereocenters. The summed E-state index contributed by atoms with van der Waals surface area (Å²) < 4.78 is 3.82. The number of H-pyrrole nitrogens is 1. The number of aromatic amines is 1. The van der Waals surface area contributed by atoms with E-state index in [0.717, 1.165) is 28.0 Å². The van der Waals surface area contributed by atoms with Crippen molar-refractivity contribution in [2.24, 2.45) is 0 Å². The zero-order chi connectivity index (χ0) is 15.8. The average Bonchev–Trinajstić information content (AvgIpc) is 3.26. The van der Waals surface area contributed by atoms with Crippen molar-refractivity contribution in [3.63, 3.8) is 0 Å². The van der Waals surface area contributed by atoms with Crippen LogP contribution in [0.3, 0.4) is 0 Å². The van der Waals surface area contributed by atoms with Gasteiger partial charge < -0.3 is 0 Å². The van der Waals surface area contributed by atoms with Gasteiger partial charge in [0.1, 0.15) is 0 Å². The van der Waals surface area contributed by atoms with Gasteiger partial charge in [0.05, 0.1) is 41.7 Å². The standard InChI is InChI=1S/C15H16N7P/c1-10(2)23-22-8-12(7-19-22)13-9-21-14(3-4-18-21)15(20-13)11-5-16-17-6-11/h3-10,23H,1-2H3,(H,16,17). The van der Waals surface area contributed by atoms with E-state index in [4.69, 9.17) is 4.98 Å². The van der Waals surface area contributed by atoms with Crippen LogP contribution in [0.1, 0.15) is 13.8 Å². The highest BCUT2D eigenvalue weighted by molar-refractivity contribution is 7.36. The van der Waals surface area contributed by atoms with Crippen LogP contribution >= 0.6 is 8.73 Å². The van der Waals surface area contributed by atoms with Crippen LogP contribution in [0.15, 0.2) is 43.2 Å². The molecule has 4 rings (SSSR count). The van der Waals surface area contributed by atoms with Gasteiger partial charge >= 0.3 is 0 Å². The van der Waals surface area contributed by atoms with Crippen LogP contribution in [0.5, 0.6) is 0 Å². The summed E-state index contributed by atoms with van der Waals surface area (Å²) in [5.74, 6) is 0. The van der Waals surface area contributed by atoms with E-state index in [2.05, 4.69) is 34.2 Å². The van der Waals surface area contributed by atoms with Gasteiger partial charge in [-0.05, 0) is 11.7 Å². The van der Waals surface area contributed by atoms with Crippen molar-refractivity contribution in [2.75, 3.05) is 0 Å². The minimum absolute atomic E-state index is 0.575. The van der Waals surface area contributed by atoms with Gasteiger partial charge in [-0.3, -0.25) is 9.55 Å². The maximum Gasteiger partial charge on any atom is 0.0999 e. The minimum Gasteiger partial charge on any atom is -0.285 e. The van der Waals surface area contributed by atoms with Crippen molar-refractivity contribution in [2.45, 2.75) is 19.5 Å². The van der Waals surface area contributed by atoms with Gasteiger partial charge in [-0.1, -0.05) is 13.8 Å². The van der Waals surface area contributed by atoms with Gasteiger partial charge in [0, 0.05) is 32.3 Å². The molecule has 0 spiro atoms. The molecular weight excluding hydrogens is 309 g/mol. The lowest BCUT2D eigenvalue weighted by Crippen LogP contribution is -1.95. The number of hydrogen-bond acceptors (Lipinski definition) is 4. The Kier molecular flexibility index (Phi) is 3.42. The van der Waals surface area contributed by atoms with Crippen molar-refractivity contribution >= 4 is 14.2 Å². The largest absolute Gasteiger partial charge is 0.285 e. The highest BCUT2D eigenvalue weighted by atomic mass is 31.1. The minimum atomic E-state index is 0.575. The monoisotopic (exact) mass is 325 g/mol. The molecule has 0 saturated carbocycles. The molecule has 4 aromatic rings. The number of hydrogen-bond donors (Lipinski definition) is 1. The first-order valence-corrected chi connectivity index (χ1v) is 8.38. The van der Waals surface area contributed by atoms with Crippen LogP contribution in [0.4, 0.5) is 0 Å². The van der Waals surface area contributed by atoms with Crippen LogP contribution in [0.2, 0.25) is 0 Å². The molecule has 0 radical (unpaired) electrons. The molecule has 8 heteroatoms.